The minimum atomic E-state index is -0.541. The molecule has 6 heteroatoms. The molecule has 0 aliphatic carbocycles. The molecule has 0 saturated carbocycles. The normalized spacial score (nSPS) is 11.7. The number of fused-ring (bicyclic) bond motifs is 1. The smallest absolute Gasteiger partial charge is 0.286 e. The molecule has 4 aromatic rings. The van der Waals surface area contributed by atoms with Crippen LogP contribution in [0.3, 0.4) is 0 Å². The minimum Gasteiger partial charge on any atom is -0.508 e. The summed E-state index contributed by atoms with van der Waals surface area (Å²) in [6.45, 7) is 0.161. The Morgan fingerprint density at radius 3 is 2.45 bits per heavy atom. The van der Waals surface area contributed by atoms with Crippen molar-refractivity contribution in [1.82, 2.24) is 10.6 Å². The molecule has 0 fully saturated rings. The van der Waals surface area contributed by atoms with Gasteiger partial charge in [0.2, 0.25) is 5.91 Å². The van der Waals surface area contributed by atoms with Crippen molar-refractivity contribution in [2.75, 3.05) is 6.54 Å². The molecule has 0 bridgehead atoms. The van der Waals surface area contributed by atoms with Crippen molar-refractivity contribution in [3.05, 3.63) is 102 Å². The molecule has 156 valence electrons. The molecular weight excluding hydrogens is 392 g/mol. The van der Waals surface area contributed by atoms with Crippen molar-refractivity contribution in [1.29, 1.82) is 0 Å². The Kier molecular flexibility index (Phi) is 5.98. The molecule has 0 saturated heterocycles. The third-order valence-corrected chi connectivity index (χ3v) is 5.06. The molecule has 3 aromatic carbocycles. The van der Waals surface area contributed by atoms with Gasteiger partial charge in [-0.2, -0.15) is 0 Å². The van der Waals surface area contributed by atoms with E-state index in [-0.39, 0.29) is 36.3 Å². The molecule has 1 heterocycles. The molecule has 0 unspecified atom stereocenters. The Balaban J connectivity index is 1.55. The molecule has 31 heavy (non-hydrogen) atoms. The van der Waals surface area contributed by atoms with Crippen LogP contribution in [0, 0.1) is 0 Å². The van der Waals surface area contributed by atoms with E-state index in [1.807, 2.05) is 60.7 Å². The molecule has 0 aliphatic heterocycles. The molecule has 0 aliphatic rings. The van der Waals surface area contributed by atoms with Crippen molar-refractivity contribution >= 4 is 22.6 Å². The number of hydrogen-bond acceptors (Lipinski definition) is 4. The lowest BCUT2D eigenvalue weighted by atomic mass is 9.92. The van der Waals surface area contributed by atoms with Crippen LogP contribution in [-0.2, 0) is 4.79 Å². The maximum absolute atomic E-state index is 12.7. The number of hydrogen-bond donors (Lipinski definition) is 3. The monoisotopic (exact) mass is 414 g/mol. The zero-order valence-electron chi connectivity index (χ0n) is 16.7. The molecule has 1 aromatic heterocycles. The fourth-order valence-electron chi connectivity index (χ4n) is 3.57. The maximum atomic E-state index is 12.7. The summed E-state index contributed by atoms with van der Waals surface area (Å²) in [6.07, 6.45) is 1.50. The summed E-state index contributed by atoms with van der Waals surface area (Å²) < 4.78 is 5.05. The average molecular weight is 414 g/mol. The summed E-state index contributed by atoms with van der Waals surface area (Å²) in [5.41, 5.74) is 1.49. The van der Waals surface area contributed by atoms with E-state index in [1.54, 1.807) is 18.2 Å². The lowest BCUT2D eigenvalue weighted by Gasteiger charge is -2.22. The SMILES string of the molecule is O=C(CCNC(=O)c1ccco1)N[C@H](c1ccccc1)c1c(O)ccc2ccccc12. The van der Waals surface area contributed by atoms with Gasteiger partial charge in [-0.15, -0.1) is 0 Å². The van der Waals surface area contributed by atoms with Crippen molar-refractivity contribution in [3.8, 4) is 5.75 Å². The number of amides is 2. The van der Waals surface area contributed by atoms with Crippen molar-refractivity contribution in [3.63, 3.8) is 0 Å². The fourth-order valence-corrected chi connectivity index (χ4v) is 3.57. The van der Waals surface area contributed by atoms with E-state index in [1.165, 1.54) is 6.26 Å². The van der Waals surface area contributed by atoms with Gasteiger partial charge in [-0.3, -0.25) is 9.59 Å². The first kappa shape index (κ1) is 20.2. The van der Waals surface area contributed by atoms with Gasteiger partial charge in [-0.25, -0.2) is 0 Å². The van der Waals surface area contributed by atoms with Crippen LogP contribution in [0.5, 0.6) is 5.75 Å². The van der Waals surface area contributed by atoms with Crippen LogP contribution in [0.2, 0.25) is 0 Å². The number of rotatable bonds is 7. The van der Waals surface area contributed by atoms with Crippen LogP contribution in [0.1, 0.15) is 34.1 Å². The summed E-state index contributed by atoms with van der Waals surface area (Å²) in [5.74, 6) is -0.313. The molecule has 4 rings (SSSR count). The first-order chi connectivity index (χ1) is 15.1. The van der Waals surface area contributed by atoms with Gasteiger partial charge in [0.15, 0.2) is 5.76 Å². The lowest BCUT2D eigenvalue weighted by Crippen LogP contribution is -2.33. The summed E-state index contributed by atoms with van der Waals surface area (Å²) in [6, 6.07) is 23.4. The van der Waals surface area contributed by atoms with E-state index >= 15 is 0 Å². The highest BCUT2D eigenvalue weighted by Gasteiger charge is 2.22. The van der Waals surface area contributed by atoms with Crippen LogP contribution >= 0.6 is 0 Å². The Morgan fingerprint density at radius 2 is 1.68 bits per heavy atom. The molecule has 0 radical (unpaired) electrons. The fraction of sp³-hybridized carbons (Fsp3) is 0.120. The molecule has 2 amide bonds. The van der Waals surface area contributed by atoms with Gasteiger partial charge in [0.1, 0.15) is 5.75 Å². The van der Waals surface area contributed by atoms with E-state index in [9.17, 15) is 14.7 Å². The second-order valence-electron chi connectivity index (χ2n) is 7.11. The number of phenolic OH excluding ortho intramolecular Hbond substituents is 1. The van der Waals surface area contributed by atoms with E-state index < -0.39 is 6.04 Å². The molecule has 3 N–H and O–H groups in total. The highest BCUT2D eigenvalue weighted by molar-refractivity contribution is 5.92. The summed E-state index contributed by atoms with van der Waals surface area (Å²) in [7, 11) is 0. The minimum absolute atomic E-state index is 0.0846. The molecule has 6 nitrogen and oxygen atoms in total. The molecular formula is C25H22N2O4. The number of furan rings is 1. The van der Waals surface area contributed by atoms with Crippen molar-refractivity contribution in [2.45, 2.75) is 12.5 Å². The quantitative estimate of drug-likeness (QED) is 0.423. The third kappa shape index (κ3) is 4.59. The first-order valence-electron chi connectivity index (χ1n) is 10.00. The molecule has 0 spiro atoms. The average Bonchev–Trinajstić information content (AvgIpc) is 3.34. The van der Waals surface area contributed by atoms with Gasteiger partial charge in [-0.1, -0.05) is 60.7 Å². The third-order valence-electron chi connectivity index (χ3n) is 5.06. The number of carbonyl (C=O) groups is 2. The molecule has 1 atom stereocenters. The number of benzene rings is 3. The Morgan fingerprint density at radius 1 is 0.903 bits per heavy atom. The standard InChI is InChI=1S/C25H22N2O4/c28-20-13-12-17-7-4-5-10-19(17)23(20)24(18-8-2-1-3-9-18)27-22(29)14-15-26-25(30)21-11-6-16-31-21/h1-13,16,24,28H,14-15H2,(H,26,30)(H,27,29)/t24-/m1/s1. The van der Waals surface area contributed by atoms with Gasteiger partial charge in [-0.05, 0) is 34.5 Å². The van der Waals surface area contributed by atoms with Gasteiger partial charge in [0.05, 0.1) is 12.3 Å². The van der Waals surface area contributed by atoms with E-state index in [0.717, 1.165) is 16.3 Å². The van der Waals surface area contributed by atoms with Gasteiger partial charge in [0, 0.05) is 18.5 Å². The number of nitrogens with one attached hydrogen (secondary N) is 2. The van der Waals surface area contributed by atoms with Crippen LogP contribution in [-0.4, -0.2) is 23.5 Å². The van der Waals surface area contributed by atoms with Crippen LogP contribution < -0.4 is 10.6 Å². The van der Waals surface area contributed by atoms with E-state index in [4.69, 9.17) is 4.42 Å². The van der Waals surface area contributed by atoms with Crippen LogP contribution in [0.25, 0.3) is 10.8 Å². The number of aromatic hydroxyl groups is 1. The summed E-state index contributed by atoms with van der Waals surface area (Å²) in [4.78, 5) is 24.7. The summed E-state index contributed by atoms with van der Waals surface area (Å²) >= 11 is 0. The Bertz CT molecular complexity index is 1190. The number of carbonyl (C=O) groups excluding carboxylic acids is 2. The van der Waals surface area contributed by atoms with E-state index in [0.29, 0.717) is 5.56 Å². The van der Waals surface area contributed by atoms with Gasteiger partial charge >= 0.3 is 0 Å². The van der Waals surface area contributed by atoms with Crippen molar-refractivity contribution in [2.24, 2.45) is 0 Å². The highest BCUT2D eigenvalue weighted by Crippen LogP contribution is 2.35. The topological polar surface area (TPSA) is 91.6 Å². The largest absolute Gasteiger partial charge is 0.508 e. The first-order valence-corrected chi connectivity index (χ1v) is 10.00. The lowest BCUT2D eigenvalue weighted by molar-refractivity contribution is -0.121. The zero-order valence-corrected chi connectivity index (χ0v) is 16.7. The van der Waals surface area contributed by atoms with Crippen molar-refractivity contribution < 1.29 is 19.1 Å². The second-order valence-corrected chi connectivity index (χ2v) is 7.11. The Labute approximate surface area is 179 Å². The summed E-state index contributed by atoms with van der Waals surface area (Å²) in [5, 5.41) is 18.2. The Hall–Kier alpha value is -4.06. The highest BCUT2D eigenvalue weighted by atomic mass is 16.3. The zero-order chi connectivity index (χ0) is 21.6. The second kappa shape index (κ2) is 9.17. The predicted octanol–water partition coefficient (Wildman–Crippen LogP) is 4.16. The maximum Gasteiger partial charge on any atom is 0.286 e. The van der Waals surface area contributed by atoms with Gasteiger partial charge < -0.3 is 20.2 Å². The number of phenols is 1. The van der Waals surface area contributed by atoms with E-state index in [2.05, 4.69) is 10.6 Å². The van der Waals surface area contributed by atoms with Crippen LogP contribution in [0.15, 0.2) is 89.5 Å². The van der Waals surface area contributed by atoms with Gasteiger partial charge in [0.25, 0.3) is 5.91 Å². The van der Waals surface area contributed by atoms with Crippen LogP contribution in [0.4, 0.5) is 0 Å². The predicted molar refractivity (Wildman–Crippen MR) is 118 cm³/mol.